The molecular formula is C13H17BrF2N2S. The smallest absolute Gasteiger partial charge is 0.144 e. The van der Waals surface area contributed by atoms with E-state index in [4.69, 9.17) is 0 Å². The Balaban J connectivity index is 1.77. The Labute approximate surface area is 125 Å². The zero-order valence-corrected chi connectivity index (χ0v) is 13.0. The van der Waals surface area contributed by atoms with Gasteiger partial charge in [0, 0.05) is 49.8 Å². The molecule has 0 amide bonds. The Hall–Kier alpha value is -0.170. The highest BCUT2D eigenvalue weighted by Gasteiger charge is 2.12. The molecule has 106 valence electrons. The molecule has 19 heavy (non-hydrogen) atoms. The van der Waals surface area contributed by atoms with E-state index in [2.05, 4.69) is 26.1 Å². The van der Waals surface area contributed by atoms with E-state index in [-0.39, 0.29) is 12.1 Å². The second-order valence-electron chi connectivity index (χ2n) is 4.45. The monoisotopic (exact) mass is 350 g/mol. The van der Waals surface area contributed by atoms with Gasteiger partial charge < -0.3 is 10.2 Å². The molecule has 1 N–H and O–H groups in total. The lowest BCUT2D eigenvalue weighted by Gasteiger charge is -2.26. The Kier molecular flexibility index (Phi) is 6.06. The van der Waals surface area contributed by atoms with Crippen LogP contribution in [-0.4, -0.2) is 42.6 Å². The average Bonchev–Trinajstić information content (AvgIpc) is 2.43. The van der Waals surface area contributed by atoms with Crippen LogP contribution >= 0.6 is 27.7 Å². The molecule has 1 aromatic rings. The van der Waals surface area contributed by atoms with E-state index in [0.29, 0.717) is 4.47 Å². The molecule has 0 aromatic heterocycles. The Morgan fingerprint density at radius 3 is 2.74 bits per heavy atom. The minimum Gasteiger partial charge on any atom is -0.311 e. The molecule has 2 nitrogen and oxygen atoms in total. The van der Waals surface area contributed by atoms with Gasteiger partial charge in [0.1, 0.15) is 11.6 Å². The van der Waals surface area contributed by atoms with Crippen molar-refractivity contribution in [3.05, 3.63) is 33.8 Å². The quantitative estimate of drug-likeness (QED) is 0.649. The summed E-state index contributed by atoms with van der Waals surface area (Å²) in [6.07, 6.45) is 0. The number of thioether (sulfide) groups is 1. The second-order valence-corrected chi connectivity index (χ2v) is 6.53. The van der Waals surface area contributed by atoms with Crippen molar-refractivity contribution in [1.82, 2.24) is 10.2 Å². The summed E-state index contributed by atoms with van der Waals surface area (Å²) in [7, 11) is 0. The summed E-state index contributed by atoms with van der Waals surface area (Å²) in [4.78, 5) is 2.37. The van der Waals surface area contributed by atoms with E-state index in [1.54, 1.807) is 0 Å². The molecule has 2 rings (SSSR count). The zero-order valence-electron chi connectivity index (χ0n) is 10.6. The van der Waals surface area contributed by atoms with Gasteiger partial charge in [-0.05, 0) is 28.1 Å². The number of halogens is 3. The van der Waals surface area contributed by atoms with Crippen LogP contribution in [0.25, 0.3) is 0 Å². The Morgan fingerprint density at radius 1 is 1.26 bits per heavy atom. The highest BCUT2D eigenvalue weighted by atomic mass is 79.9. The highest BCUT2D eigenvalue weighted by Crippen LogP contribution is 2.21. The van der Waals surface area contributed by atoms with Gasteiger partial charge in [-0.2, -0.15) is 11.8 Å². The predicted octanol–water partition coefficient (Wildman–Crippen LogP) is 2.87. The summed E-state index contributed by atoms with van der Waals surface area (Å²) in [5, 5.41) is 3.11. The maximum Gasteiger partial charge on any atom is 0.144 e. The minimum absolute atomic E-state index is 0.101. The molecule has 0 aliphatic carbocycles. The van der Waals surface area contributed by atoms with Crippen molar-refractivity contribution in [3.63, 3.8) is 0 Å². The van der Waals surface area contributed by atoms with Gasteiger partial charge in [-0.15, -0.1) is 0 Å². The third-order valence-electron chi connectivity index (χ3n) is 3.15. The molecule has 0 bridgehead atoms. The number of nitrogens with one attached hydrogen (secondary N) is 1. The molecule has 0 saturated carbocycles. The molecule has 1 aromatic carbocycles. The lowest BCUT2D eigenvalue weighted by Crippen LogP contribution is -2.37. The van der Waals surface area contributed by atoms with Crippen LogP contribution in [0.3, 0.4) is 0 Å². The maximum atomic E-state index is 13.7. The van der Waals surface area contributed by atoms with Gasteiger partial charge in [0.2, 0.25) is 0 Å². The molecule has 1 aliphatic rings. The van der Waals surface area contributed by atoms with Crippen molar-refractivity contribution in [2.24, 2.45) is 0 Å². The van der Waals surface area contributed by atoms with Gasteiger partial charge in [0.25, 0.3) is 0 Å². The van der Waals surface area contributed by atoms with E-state index in [9.17, 15) is 8.78 Å². The summed E-state index contributed by atoms with van der Waals surface area (Å²) < 4.78 is 27.5. The number of rotatable bonds is 5. The number of benzene rings is 1. The summed E-state index contributed by atoms with van der Waals surface area (Å²) in [6.45, 7) is 4.10. The maximum absolute atomic E-state index is 13.7. The van der Waals surface area contributed by atoms with Crippen LogP contribution in [0.4, 0.5) is 8.78 Å². The first-order valence-electron chi connectivity index (χ1n) is 6.31. The fourth-order valence-electron chi connectivity index (χ4n) is 2.01. The molecule has 6 heteroatoms. The predicted molar refractivity (Wildman–Crippen MR) is 79.5 cm³/mol. The molecular weight excluding hydrogens is 334 g/mol. The number of hydrogen-bond donors (Lipinski definition) is 1. The lowest BCUT2D eigenvalue weighted by atomic mass is 10.2. The molecule has 1 aliphatic heterocycles. The molecule has 1 fully saturated rings. The van der Waals surface area contributed by atoms with Crippen LogP contribution in [0.1, 0.15) is 5.56 Å². The van der Waals surface area contributed by atoms with Crippen LogP contribution in [0, 0.1) is 11.6 Å². The Morgan fingerprint density at radius 2 is 2.00 bits per heavy atom. The first kappa shape index (κ1) is 15.2. The number of nitrogens with zero attached hydrogens (tertiary/aromatic N) is 1. The van der Waals surface area contributed by atoms with Gasteiger partial charge in [0.15, 0.2) is 0 Å². The second kappa shape index (κ2) is 7.57. The van der Waals surface area contributed by atoms with Crippen LogP contribution in [0.5, 0.6) is 0 Å². The van der Waals surface area contributed by atoms with Crippen molar-refractivity contribution in [2.75, 3.05) is 37.7 Å². The van der Waals surface area contributed by atoms with Gasteiger partial charge in [0.05, 0.1) is 4.47 Å². The molecule has 1 saturated heterocycles. The standard InChI is InChI=1S/C13H17BrF2N2S/c14-11-1-2-12(15)10(13(11)16)9-17-3-4-18-5-7-19-8-6-18/h1-2,17H,3-9H2. The van der Waals surface area contributed by atoms with Crippen LogP contribution < -0.4 is 5.32 Å². The molecule has 0 unspecified atom stereocenters. The van der Waals surface area contributed by atoms with Crippen molar-refractivity contribution in [3.8, 4) is 0 Å². The largest absolute Gasteiger partial charge is 0.311 e. The van der Waals surface area contributed by atoms with E-state index in [1.807, 2.05) is 11.8 Å². The fraction of sp³-hybridized carbons (Fsp3) is 0.538. The molecule has 0 radical (unpaired) electrons. The van der Waals surface area contributed by atoms with Crippen LogP contribution in [0.15, 0.2) is 16.6 Å². The van der Waals surface area contributed by atoms with Crippen molar-refractivity contribution < 1.29 is 8.78 Å². The third kappa shape index (κ3) is 4.41. The normalized spacial score (nSPS) is 16.8. The molecule has 0 atom stereocenters. The Bertz CT molecular complexity index is 425. The van der Waals surface area contributed by atoms with Gasteiger partial charge >= 0.3 is 0 Å². The average molecular weight is 351 g/mol. The van der Waals surface area contributed by atoms with Crippen molar-refractivity contribution >= 4 is 27.7 Å². The minimum atomic E-state index is -0.512. The highest BCUT2D eigenvalue weighted by molar-refractivity contribution is 9.10. The fourth-order valence-corrected chi connectivity index (χ4v) is 3.36. The topological polar surface area (TPSA) is 15.3 Å². The zero-order chi connectivity index (χ0) is 13.7. The summed E-state index contributed by atoms with van der Waals surface area (Å²) in [6, 6.07) is 2.67. The summed E-state index contributed by atoms with van der Waals surface area (Å²) in [5.74, 6) is 1.34. The third-order valence-corrected chi connectivity index (χ3v) is 4.70. The molecule has 1 heterocycles. The lowest BCUT2D eigenvalue weighted by molar-refractivity contribution is 0.300. The SMILES string of the molecule is Fc1ccc(Br)c(F)c1CNCCN1CCSCC1. The molecule has 0 spiro atoms. The number of hydrogen-bond acceptors (Lipinski definition) is 3. The van der Waals surface area contributed by atoms with E-state index < -0.39 is 11.6 Å². The van der Waals surface area contributed by atoms with Crippen molar-refractivity contribution in [1.29, 1.82) is 0 Å². The summed E-state index contributed by atoms with van der Waals surface area (Å²) >= 11 is 5.05. The van der Waals surface area contributed by atoms with Gasteiger partial charge in [-0.25, -0.2) is 8.78 Å². The van der Waals surface area contributed by atoms with Gasteiger partial charge in [-0.1, -0.05) is 0 Å². The van der Waals surface area contributed by atoms with Crippen LogP contribution in [0.2, 0.25) is 0 Å². The van der Waals surface area contributed by atoms with E-state index in [1.165, 1.54) is 23.6 Å². The first-order chi connectivity index (χ1) is 9.18. The van der Waals surface area contributed by atoms with Gasteiger partial charge in [-0.3, -0.25) is 0 Å². The van der Waals surface area contributed by atoms with E-state index in [0.717, 1.165) is 26.2 Å². The van der Waals surface area contributed by atoms with Crippen molar-refractivity contribution in [2.45, 2.75) is 6.54 Å². The van der Waals surface area contributed by atoms with E-state index >= 15 is 0 Å². The van der Waals surface area contributed by atoms with Crippen LogP contribution in [-0.2, 0) is 6.54 Å². The summed E-state index contributed by atoms with van der Waals surface area (Å²) in [5.41, 5.74) is 0.101. The first-order valence-corrected chi connectivity index (χ1v) is 8.26.